The van der Waals surface area contributed by atoms with Crippen molar-refractivity contribution >= 4 is 33.7 Å². The molecule has 2 aromatic carbocycles. The maximum absolute atomic E-state index is 13.2. The fraction of sp³-hybridized carbons (Fsp3) is 0.200. The number of aryl methyl sites for hydroxylation is 2. The second-order valence-corrected chi connectivity index (χ2v) is 8.92. The molecule has 0 saturated heterocycles. The van der Waals surface area contributed by atoms with Crippen molar-refractivity contribution in [2.45, 2.75) is 25.7 Å². The van der Waals surface area contributed by atoms with Crippen molar-refractivity contribution in [3.63, 3.8) is 0 Å². The van der Waals surface area contributed by atoms with Gasteiger partial charge in [-0.05, 0) is 73.2 Å². The van der Waals surface area contributed by atoms with Gasteiger partial charge in [0.2, 0.25) is 0 Å². The van der Waals surface area contributed by atoms with E-state index in [0.29, 0.717) is 17.0 Å². The number of carbonyl (C=O) groups is 1. The number of hydrazone groups is 1. The predicted octanol–water partition coefficient (Wildman–Crippen LogP) is 4.10. The summed E-state index contributed by atoms with van der Waals surface area (Å²) in [5.41, 5.74) is 5.55. The largest absolute Gasteiger partial charge is 0.497 e. The number of methoxy groups -OCH3 is 1. The lowest BCUT2D eigenvalue weighted by Crippen LogP contribution is -2.20. The standard InChI is InChI=1S/C25H22N4O3S/c1-32-19-6-4-5-16(13-19)14-27-28-23(30)17-9-11-18(12-10-17)29-15-26-24-22(25(29)31)20-7-2-3-8-21(20)33-24/h4-6,9-15H,2-3,7-8H2,1H3,(H,28,30)/b27-14-. The first kappa shape index (κ1) is 21.1. The van der Waals surface area contributed by atoms with Crippen LogP contribution in [0.2, 0.25) is 0 Å². The molecule has 4 aromatic rings. The Bertz CT molecular complexity index is 1420. The van der Waals surface area contributed by atoms with Gasteiger partial charge in [0.05, 0.1) is 24.4 Å². The number of thiophene rings is 1. The van der Waals surface area contributed by atoms with E-state index in [2.05, 4.69) is 15.5 Å². The summed E-state index contributed by atoms with van der Waals surface area (Å²) < 4.78 is 6.73. The van der Waals surface area contributed by atoms with Crippen molar-refractivity contribution in [1.29, 1.82) is 0 Å². The van der Waals surface area contributed by atoms with Crippen molar-refractivity contribution < 1.29 is 9.53 Å². The molecule has 0 unspecified atom stereocenters. The van der Waals surface area contributed by atoms with Gasteiger partial charge in [-0.25, -0.2) is 10.4 Å². The topological polar surface area (TPSA) is 85.6 Å². The molecule has 0 bridgehead atoms. The molecule has 1 aliphatic rings. The molecule has 0 atom stereocenters. The Kier molecular flexibility index (Phi) is 5.75. The quantitative estimate of drug-likeness (QED) is 0.360. The molecule has 2 aromatic heterocycles. The number of rotatable bonds is 5. The summed E-state index contributed by atoms with van der Waals surface area (Å²) in [7, 11) is 1.60. The van der Waals surface area contributed by atoms with E-state index in [9.17, 15) is 9.59 Å². The molecule has 2 heterocycles. The molecular formula is C25H22N4O3S. The number of hydrogen-bond donors (Lipinski definition) is 1. The lowest BCUT2D eigenvalue weighted by molar-refractivity contribution is 0.0955. The van der Waals surface area contributed by atoms with Crippen LogP contribution in [0.5, 0.6) is 5.75 Å². The SMILES string of the molecule is COc1cccc(/C=N\NC(=O)c2ccc(-n3cnc4sc5c(c4c3=O)CCCC5)cc2)c1. The lowest BCUT2D eigenvalue weighted by Gasteiger charge is -2.10. The van der Waals surface area contributed by atoms with Gasteiger partial charge in [-0.15, -0.1) is 11.3 Å². The van der Waals surface area contributed by atoms with Crippen LogP contribution in [0.25, 0.3) is 15.9 Å². The summed E-state index contributed by atoms with van der Waals surface area (Å²) in [6, 6.07) is 14.2. The molecule has 1 N–H and O–H groups in total. The highest BCUT2D eigenvalue weighted by molar-refractivity contribution is 7.18. The van der Waals surface area contributed by atoms with Crippen molar-refractivity contribution in [2.24, 2.45) is 5.10 Å². The van der Waals surface area contributed by atoms with Crippen LogP contribution in [0.3, 0.4) is 0 Å². The van der Waals surface area contributed by atoms with Gasteiger partial charge in [-0.1, -0.05) is 12.1 Å². The van der Waals surface area contributed by atoms with Crippen LogP contribution in [0.1, 0.15) is 39.2 Å². The minimum absolute atomic E-state index is 0.0560. The van der Waals surface area contributed by atoms with Gasteiger partial charge in [0.15, 0.2) is 0 Å². The molecule has 5 rings (SSSR count). The summed E-state index contributed by atoms with van der Waals surface area (Å²) in [5, 5.41) is 4.75. The van der Waals surface area contributed by atoms with Crippen molar-refractivity contribution in [3.05, 3.63) is 86.8 Å². The molecule has 33 heavy (non-hydrogen) atoms. The Morgan fingerprint density at radius 2 is 2.00 bits per heavy atom. The van der Waals surface area contributed by atoms with Crippen LogP contribution in [-0.4, -0.2) is 28.8 Å². The van der Waals surface area contributed by atoms with Gasteiger partial charge in [-0.3, -0.25) is 14.2 Å². The Labute approximate surface area is 194 Å². The Hall–Kier alpha value is -3.78. The third-order valence-corrected chi connectivity index (χ3v) is 6.96. The minimum atomic E-state index is -0.339. The predicted molar refractivity (Wildman–Crippen MR) is 130 cm³/mol. The first-order valence-corrected chi connectivity index (χ1v) is 11.6. The van der Waals surface area contributed by atoms with Crippen molar-refractivity contribution in [3.8, 4) is 11.4 Å². The van der Waals surface area contributed by atoms with Gasteiger partial charge in [-0.2, -0.15) is 5.10 Å². The van der Waals surface area contributed by atoms with Crippen LogP contribution >= 0.6 is 11.3 Å². The smallest absolute Gasteiger partial charge is 0.271 e. The number of benzene rings is 2. The Morgan fingerprint density at radius 1 is 1.18 bits per heavy atom. The summed E-state index contributed by atoms with van der Waals surface area (Å²) >= 11 is 1.63. The zero-order valence-corrected chi connectivity index (χ0v) is 18.9. The molecule has 0 aliphatic heterocycles. The normalized spacial score (nSPS) is 13.2. The first-order valence-electron chi connectivity index (χ1n) is 10.7. The molecule has 166 valence electrons. The molecule has 8 heteroatoms. The number of hydrogen-bond acceptors (Lipinski definition) is 6. The first-order chi connectivity index (χ1) is 16.1. The molecular weight excluding hydrogens is 436 g/mol. The lowest BCUT2D eigenvalue weighted by atomic mass is 9.97. The van der Waals surface area contributed by atoms with E-state index in [1.165, 1.54) is 11.3 Å². The summed E-state index contributed by atoms with van der Waals surface area (Å²) in [6.45, 7) is 0. The second kappa shape index (κ2) is 8.99. The molecule has 0 fully saturated rings. The maximum atomic E-state index is 13.2. The van der Waals surface area contributed by atoms with E-state index in [0.717, 1.165) is 40.6 Å². The number of fused-ring (bicyclic) bond motifs is 3. The van der Waals surface area contributed by atoms with E-state index < -0.39 is 0 Å². The number of carbonyl (C=O) groups excluding carboxylic acids is 1. The fourth-order valence-electron chi connectivity index (χ4n) is 4.06. The fourth-order valence-corrected chi connectivity index (χ4v) is 5.27. The summed E-state index contributed by atoms with van der Waals surface area (Å²) in [6.07, 6.45) is 7.36. The van der Waals surface area contributed by atoms with E-state index in [1.807, 2.05) is 24.3 Å². The van der Waals surface area contributed by atoms with E-state index in [-0.39, 0.29) is 11.5 Å². The third-order valence-electron chi connectivity index (χ3n) is 5.76. The zero-order chi connectivity index (χ0) is 22.8. The number of ether oxygens (including phenoxy) is 1. The highest BCUT2D eigenvalue weighted by Gasteiger charge is 2.20. The minimum Gasteiger partial charge on any atom is -0.497 e. The van der Waals surface area contributed by atoms with Crippen LogP contribution in [-0.2, 0) is 12.8 Å². The highest BCUT2D eigenvalue weighted by Crippen LogP contribution is 2.33. The molecule has 0 radical (unpaired) electrons. The third kappa shape index (κ3) is 4.17. The summed E-state index contributed by atoms with van der Waals surface area (Å²) in [4.78, 5) is 32.3. The average Bonchev–Trinajstić information content (AvgIpc) is 3.24. The van der Waals surface area contributed by atoms with Crippen LogP contribution < -0.4 is 15.7 Å². The van der Waals surface area contributed by atoms with Gasteiger partial charge in [0.25, 0.3) is 11.5 Å². The Morgan fingerprint density at radius 3 is 2.82 bits per heavy atom. The number of nitrogens with one attached hydrogen (secondary N) is 1. The maximum Gasteiger partial charge on any atom is 0.271 e. The molecule has 0 saturated carbocycles. The highest BCUT2D eigenvalue weighted by atomic mass is 32.1. The van der Waals surface area contributed by atoms with Crippen LogP contribution in [0.4, 0.5) is 0 Å². The average molecular weight is 459 g/mol. The van der Waals surface area contributed by atoms with E-state index in [4.69, 9.17) is 4.74 Å². The van der Waals surface area contributed by atoms with Crippen molar-refractivity contribution in [1.82, 2.24) is 15.0 Å². The van der Waals surface area contributed by atoms with Gasteiger partial charge in [0, 0.05) is 10.4 Å². The van der Waals surface area contributed by atoms with E-state index >= 15 is 0 Å². The zero-order valence-electron chi connectivity index (χ0n) is 18.1. The monoisotopic (exact) mass is 458 g/mol. The number of amides is 1. The second-order valence-electron chi connectivity index (χ2n) is 7.83. The molecule has 1 aliphatic carbocycles. The van der Waals surface area contributed by atoms with Gasteiger partial charge >= 0.3 is 0 Å². The van der Waals surface area contributed by atoms with Gasteiger partial charge < -0.3 is 4.74 Å². The Balaban J connectivity index is 1.34. The number of nitrogens with zero attached hydrogens (tertiary/aromatic N) is 3. The number of aromatic nitrogens is 2. The van der Waals surface area contributed by atoms with Crippen molar-refractivity contribution in [2.75, 3.05) is 7.11 Å². The van der Waals surface area contributed by atoms with Crippen LogP contribution in [0.15, 0.2) is 64.8 Å². The molecule has 1 amide bonds. The van der Waals surface area contributed by atoms with Gasteiger partial charge in [0.1, 0.15) is 16.9 Å². The van der Waals surface area contributed by atoms with Crippen LogP contribution in [0, 0.1) is 0 Å². The molecule has 7 nitrogen and oxygen atoms in total. The molecule has 0 spiro atoms. The summed E-state index contributed by atoms with van der Waals surface area (Å²) in [5.74, 6) is 0.375. The van der Waals surface area contributed by atoms with E-state index in [1.54, 1.807) is 59.8 Å².